The molecule has 0 radical (unpaired) electrons. The number of nitrogens with zero attached hydrogens (tertiary/aromatic N) is 6. The second-order valence-corrected chi connectivity index (χ2v) is 6.86. The molecule has 33 heavy (non-hydrogen) atoms. The number of hydrogen-bond acceptors (Lipinski definition) is 10. The van der Waals surface area contributed by atoms with Gasteiger partial charge in [-0.25, -0.2) is 10.1 Å². The molecule has 2 heterocycles. The SMILES string of the molecule is COc1cccc(/C(C)=N/NC(=O)c2nnn(-c3nonc3N)c2CNc2ccccc2)c1. The van der Waals surface area contributed by atoms with Gasteiger partial charge in [0.1, 0.15) is 5.75 Å². The topological polar surface area (TPSA) is 158 Å². The molecule has 0 aliphatic rings. The van der Waals surface area contributed by atoms with Gasteiger partial charge in [-0.3, -0.25) is 4.79 Å². The molecule has 2 aromatic heterocycles. The third kappa shape index (κ3) is 4.79. The van der Waals surface area contributed by atoms with E-state index < -0.39 is 5.91 Å². The molecule has 4 N–H and O–H groups in total. The van der Waals surface area contributed by atoms with Gasteiger partial charge in [-0.1, -0.05) is 35.5 Å². The van der Waals surface area contributed by atoms with Gasteiger partial charge in [-0.05, 0) is 41.5 Å². The van der Waals surface area contributed by atoms with Gasteiger partial charge in [-0.15, -0.1) is 5.10 Å². The predicted molar refractivity (Wildman–Crippen MR) is 120 cm³/mol. The minimum Gasteiger partial charge on any atom is -0.497 e. The number of methoxy groups -OCH3 is 1. The van der Waals surface area contributed by atoms with Gasteiger partial charge >= 0.3 is 0 Å². The van der Waals surface area contributed by atoms with Crippen molar-refractivity contribution in [3.05, 3.63) is 71.5 Å². The summed E-state index contributed by atoms with van der Waals surface area (Å²) in [7, 11) is 1.58. The number of aromatic nitrogens is 5. The second kappa shape index (κ2) is 9.60. The van der Waals surface area contributed by atoms with Crippen LogP contribution in [0, 0.1) is 0 Å². The lowest BCUT2D eigenvalue weighted by atomic mass is 10.1. The van der Waals surface area contributed by atoms with Crippen LogP contribution in [0.1, 0.15) is 28.7 Å². The Bertz CT molecular complexity index is 1280. The summed E-state index contributed by atoms with van der Waals surface area (Å²) in [6, 6.07) is 16.8. The van der Waals surface area contributed by atoms with Crippen molar-refractivity contribution in [1.29, 1.82) is 0 Å². The Hall–Kier alpha value is -4.74. The monoisotopic (exact) mass is 447 g/mol. The van der Waals surface area contributed by atoms with Crippen LogP contribution in [0.5, 0.6) is 5.75 Å². The van der Waals surface area contributed by atoms with E-state index in [2.05, 4.69) is 41.1 Å². The maximum Gasteiger partial charge on any atom is 0.293 e. The van der Waals surface area contributed by atoms with Gasteiger partial charge in [-0.2, -0.15) is 9.78 Å². The van der Waals surface area contributed by atoms with Gasteiger partial charge in [0.15, 0.2) is 5.69 Å². The minimum absolute atomic E-state index is 0.0136. The second-order valence-electron chi connectivity index (χ2n) is 6.86. The van der Waals surface area contributed by atoms with Crippen molar-refractivity contribution in [2.24, 2.45) is 5.10 Å². The van der Waals surface area contributed by atoms with Crippen LogP contribution in [-0.2, 0) is 6.54 Å². The fraction of sp³-hybridized carbons (Fsp3) is 0.143. The summed E-state index contributed by atoms with van der Waals surface area (Å²) in [6.07, 6.45) is 0. The standard InChI is InChI=1S/C21H21N9O3/c1-13(14-7-6-10-16(11-14)32-2)24-26-21(31)18-17(12-23-15-8-4-3-5-9-15)30(29-25-18)20-19(22)27-33-28-20/h3-11,23H,12H2,1-2H3,(H2,22,27)(H,26,31)/b24-13+. The largest absolute Gasteiger partial charge is 0.497 e. The molecule has 168 valence electrons. The van der Waals surface area contributed by atoms with Crippen molar-refractivity contribution < 1.29 is 14.2 Å². The zero-order valence-corrected chi connectivity index (χ0v) is 17.9. The van der Waals surface area contributed by atoms with Crippen molar-refractivity contribution in [2.45, 2.75) is 13.5 Å². The highest BCUT2D eigenvalue weighted by atomic mass is 16.6. The first kappa shape index (κ1) is 21.5. The van der Waals surface area contributed by atoms with E-state index >= 15 is 0 Å². The number of nitrogens with one attached hydrogen (secondary N) is 2. The van der Waals surface area contributed by atoms with Crippen LogP contribution in [0.4, 0.5) is 11.5 Å². The normalized spacial score (nSPS) is 11.3. The Balaban J connectivity index is 1.60. The maximum absolute atomic E-state index is 12.9. The lowest BCUT2D eigenvalue weighted by Gasteiger charge is -2.09. The van der Waals surface area contributed by atoms with Crippen molar-refractivity contribution in [2.75, 3.05) is 18.2 Å². The highest BCUT2D eigenvalue weighted by Crippen LogP contribution is 2.18. The molecule has 12 nitrogen and oxygen atoms in total. The Morgan fingerprint density at radius 1 is 1.18 bits per heavy atom. The molecule has 1 amide bonds. The molecule has 0 aliphatic carbocycles. The number of carbonyl (C=O) groups excluding carboxylic acids is 1. The third-order valence-corrected chi connectivity index (χ3v) is 4.72. The van der Waals surface area contributed by atoms with Crippen molar-refractivity contribution >= 4 is 23.1 Å². The number of nitrogen functional groups attached to an aromatic ring is 1. The summed E-state index contributed by atoms with van der Waals surface area (Å²) in [5, 5.41) is 22.8. The van der Waals surface area contributed by atoms with E-state index in [1.54, 1.807) is 14.0 Å². The quantitative estimate of drug-likeness (QED) is 0.271. The molecule has 0 atom stereocenters. The number of para-hydroxylation sites is 1. The van der Waals surface area contributed by atoms with Crippen LogP contribution >= 0.6 is 0 Å². The molecule has 0 saturated carbocycles. The fourth-order valence-electron chi connectivity index (χ4n) is 2.99. The van der Waals surface area contributed by atoms with E-state index in [9.17, 15) is 4.79 Å². The Kier molecular flexibility index (Phi) is 6.25. The highest BCUT2D eigenvalue weighted by Gasteiger charge is 2.23. The van der Waals surface area contributed by atoms with Gasteiger partial charge in [0.2, 0.25) is 11.6 Å². The first-order valence-corrected chi connectivity index (χ1v) is 9.87. The average Bonchev–Trinajstić information content (AvgIpc) is 3.47. The average molecular weight is 447 g/mol. The number of nitrogens with two attached hydrogens (primary N) is 1. The number of hydrogen-bond donors (Lipinski definition) is 3. The summed E-state index contributed by atoms with van der Waals surface area (Å²) in [4.78, 5) is 12.9. The van der Waals surface area contributed by atoms with Gasteiger partial charge < -0.3 is 15.8 Å². The van der Waals surface area contributed by atoms with Gasteiger partial charge in [0, 0.05) is 11.3 Å². The van der Waals surface area contributed by atoms with E-state index in [-0.39, 0.29) is 23.9 Å². The number of amides is 1. The summed E-state index contributed by atoms with van der Waals surface area (Å²) in [6.45, 7) is 1.97. The number of rotatable bonds is 8. The molecular formula is C21H21N9O3. The summed E-state index contributed by atoms with van der Waals surface area (Å²) in [5.74, 6) is 0.273. The first-order valence-electron chi connectivity index (χ1n) is 9.87. The summed E-state index contributed by atoms with van der Waals surface area (Å²) < 4.78 is 11.2. The molecule has 0 saturated heterocycles. The zero-order chi connectivity index (χ0) is 23.2. The molecule has 0 spiro atoms. The lowest BCUT2D eigenvalue weighted by molar-refractivity contribution is 0.0949. The van der Waals surface area contributed by atoms with Crippen LogP contribution in [0.25, 0.3) is 5.82 Å². The van der Waals surface area contributed by atoms with Crippen molar-refractivity contribution in [3.8, 4) is 11.6 Å². The summed E-state index contributed by atoms with van der Waals surface area (Å²) in [5.41, 5.74) is 11.0. The molecule has 2 aromatic carbocycles. The Morgan fingerprint density at radius 3 is 2.73 bits per heavy atom. The van der Waals surface area contributed by atoms with Crippen LogP contribution in [-0.4, -0.2) is 44.0 Å². The zero-order valence-electron chi connectivity index (χ0n) is 17.9. The van der Waals surface area contributed by atoms with E-state index in [1.165, 1.54) is 4.68 Å². The van der Waals surface area contributed by atoms with Gasteiger partial charge in [0.25, 0.3) is 5.91 Å². The Morgan fingerprint density at radius 2 is 2.00 bits per heavy atom. The number of ether oxygens (including phenoxy) is 1. The molecule has 4 aromatic rings. The number of benzene rings is 2. The molecule has 12 heteroatoms. The van der Waals surface area contributed by atoms with Crippen LogP contribution < -0.4 is 21.2 Å². The molecule has 4 rings (SSSR count). The predicted octanol–water partition coefficient (Wildman–Crippen LogP) is 2.01. The first-order chi connectivity index (χ1) is 16.1. The third-order valence-electron chi connectivity index (χ3n) is 4.72. The lowest BCUT2D eigenvalue weighted by Crippen LogP contribution is -2.22. The fourth-order valence-corrected chi connectivity index (χ4v) is 2.99. The highest BCUT2D eigenvalue weighted by molar-refractivity contribution is 6.01. The van der Waals surface area contributed by atoms with E-state index in [1.807, 2.05) is 54.6 Å². The summed E-state index contributed by atoms with van der Waals surface area (Å²) >= 11 is 0. The number of carbonyl (C=O) groups is 1. The smallest absolute Gasteiger partial charge is 0.293 e. The van der Waals surface area contributed by atoms with E-state index in [4.69, 9.17) is 10.5 Å². The number of anilines is 2. The van der Waals surface area contributed by atoms with Crippen molar-refractivity contribution in [1.82, 2.24) is 30.7 Å². The molecule has 0 aliphatic heterocycles. The Labute approximate surface area is 188 Å². The van der Waals surface area contributed by atoms with Crippen LogP contribution in [0.3, 0.4) is 0 Å². The molecule has 0 fully saturated rings. The van der Waals surface area contributed by atoms with Crippen molar-refractivity contribution in [3.63, 3.8) is 0 Å². The molecular weight excluding hydrogens is 426 g/mol. The van der Waals surface area contributed by atoms with Crippen LogP contribution in [0.15, 0.2) is 64.3 Å². The van der Waals surface area contributed by atoms with E-state index in [0.717, 1.165) is 11.3 Å². The maximum atomic E-state index is 12.9. The van der Waals surface area contributed by atoms with E-state index in [0.29, 0.717) is 17.2 Å². The molecule has 0 bridgehead atoms. The van der Waals surface area contributed by atoms with Gasteiger partial charge in [0.05, 0.1) is 25.1 Å². The molecule has 0 unspecified atom stereocenters. The number of hydrazone groups is 1. The minimum atomic E-state index is -0.552. The van der Waals surface area contributed by atoms with Crippen LogP contribution in [0.2, 0.25) is 0 Å².